The van der Waals surface area contributed by atoms with Gasteiger partial charge in [0.15, 0.2) is 5.78 Å². The van der Waals surface area contributed by atoms with Gasteiger partial charge >= 0.3 is 5.97 Å². The van der Waals surface area contributed by atoms with Gasteiger partial charge in [-0.15, -0.1) is 0 Å². The molecule has 0 aliphatic carbocycles. The quantitative estimate of drug-likeness (QED) is 0.514. The lowest BCUT2D eigenvalue weighted by Gasteiger charge is -2.05. The summed E-state index contributed by atoms with van der Waals surface area (Å²) in [5.74, 6) is -1.58. The first-order valence-corrected chi connectivity index (χ1v) is 8.37. The molecule has 6 heteroatoms. The second kappa shape index (κ2) is 7.45. The molecule has 0 amide bonds. The Morgan fingerprint density at radius 2 is 1.92 bits per heavy atom. The van der Waals surface area contributed by atoms with E-state index in [0.29, 0.717) is 22.5 Å². The SMILES string of the molecule is CNC(=CC(=O)c1cn(Cc2ccccc2)c2ccc(Cl)cc12)C(=O)O. The van der Waals surface area contributed by atoms with E-state index in [9.17, 15) is 9.59 Å². The molecular formula is C20H17ClN2O3. The molecule has 0 aliphatic heterocycles. The number of ketones is 1. The number of nitrogens with zero attached hydrogens (tertiary/aromatic N) is 1. The second-order valence-electron chi connectivity index (χ2n) is 5.80. The zero-order valence-electron chi connectivity index (χ0n) is 14.1. The van der Waals surface area contributed by atoms with Crippen molar-refractivity contribution in [3.8, 4) is 0 Å². The number of carboxylic acids is 1. The van der Waals surface area contributed by atoms with Crippen molar-refractivity contribution >= 4 is 34.3 Å². The largest absolute Gasteiger partial charge is 0.477 e. The van der Waals surface area contributed by atoms with Crippen molar-refractivity contribution in [2.75, 3.05) is 7.05 Å². The third kappa shape index (κ3) is 3.63. The highest BCUT2D eigenvalue weighted by Crippen LogP contribution is 2.26. The smallest absolute Gasteiger partial charge is 0.352 e. The summed E-state index contributed by atoms with van der Waals surface area (Å²) in [6.07, 6.45) is 2.83. The number of hydrogen-bond acceptors (Lipinski definition) is 3. The van der Waals surface area contributed by atoms with Gasteiger partial charge in [0.1, 0.15) is 5.70 Å². The molecule has 26 heavy (non-hydrogen) atoms. The Morgan fingerprint density at radius 1 is 1.19 bits per heavy atom. The first kappa shape index (κ1) is 17.8. The lowest BCUT2D eigenvalue weighted by atomic mass is 10.1. The van der Waals surface area contributed by atoms with Crippen molar-refractivity contribution in [1.82, 2.24) is 9.88 Å². The number of fused-ring (bicyclic) bond motifs is 1. The highest BCUT2D eigenvalue weighted by Gasteiger charge is 2.16. The summed E-state index contributed by atoms with van der Waals surface area (Å²) in [6.45, 7) is 0.591. The highest BCUT2D eigenvalue weighted by atomic mass is 35.5. The van der Waals surface area contributed by atoms with Crippen LogP contribution in [0.25, 0.3) is 10.9 Å². The normalized spacial score (nSPS) is 11.5. The van der Waals surface area contributed by atoms with Gasteiger partial charge in [-0.2, -0.15) is 0 Å². The summed E-state index contributed by atoms with van der Waals surface area (Å²) in [6, 6.07) is 15.2. The zero-order chi connectivity index (χ0) is 18.7. The van der Waals surface area contributed by atoms with E-state index in [4.69, 9.17) is 16.7 Å². The van der Waals surface area contributed by atoms with Crippen LogP contribution in [0.5, 0.6) is 0 Å². The molecule has 2 N–H and O–H groups in total. The van der Waals surface area contributed by atoms with E-state index in [0.717, 1.165) is 17.2 Å². The highest BCUT2D eigenvalue weighted by molar-refractivity contribution is 6.31. The number of hydrogen-bond donors (Lipinski definition) is 2. The summed E-state index contributed by atoms with van der Waals surface area (Å²) < 4.78 is 1.96. The summed E-state index contributed by atoms with van der Waals surface area (Å²) in [5, 5.41) is 12.8. The second-order valence-corrected chi connectivity index (χ2v) is 6.23. The predicted octanol–water partition coefficient (Wildman–Crippen LogP) is 3.71. The van der Waals surface area contributed by atoms with Crippen LogP contribution in [0.15, 0.2) is 66.5 Å². The summed E-state index contributed by atoms with van der Waals surface area (Å²) in [4.78, 5) is 23.8. The average molecular weight is 369 g/mol. The lowest BCUT2D eigenvalue weighted by molar-refractivity contribution is -0.133. The van der Waals surface area contributed by atoms with Crippen molar-refractivity contribution in [3.05, 3.63) is 82.7 Å². The van der Waals surface area contributed by atoms with E-state index in [1.807, 2.05) is 41.0 Å². The number of aliphatic carboxylic acids is 1. The topological polar surface area (TPSA) is 71.3 Å². The van der Waals surface area contributed by atoms with E-state index >= 15 is 0 Å². The number of nitrogens with one attached hydrogen (secondary N) is 1. The number of allylic oxidation sites excluding steroid dienone is 1. The third-order valence-electron chi connectivity index (χ3n) is 4.08. The molecular weight excluding hydrogens is 352 g/mol. The fraction of sp³-hybridized carbons (Fsp3) is 0.100. The number of halogens is 1. The first-order chi connectivity index (χ1) is 12.5. The van der Waals surface area contributed by atoms with E-state index in [1.165, 1.54) is 7.05 Å². The van der Waals surface area contributed by atoms with Crippen molar-refractivity contribution in [2.24, 2.45) is 0 Å². The summed E-state index contributed by atoms with van der Waals surface area (Å²) >= 11 is 6.11. The molecule has 0 spiro atoms. The maximum Gasteiger partial charge on any atom is 0.352 e. The Hall–Kier alpha value is -3.05. The van der Waals surface area contributed by atoms with Crippen LogP contribution in [0.4, 0.5) is 0 Å². The Balaban J connectivity index is 2.09. The molecule has 3 rings (SSSR count). The molecule has 0 saturated carbocycles. The van der Waals surface area contributed by atoms with Gasteiger partial charge in [0.05, 0.1) is 0 Å². The van der Waals surface area contributed by atoms with Gasteiger partial charge in [-0.25, -0.2) is 4.79 Å². The number of rotatable bonds is 6. The molecule has 1 aromatic heterocycles. The summed E-state index contributed by atoms with van der Waals surface area (Å²) in [5.41, 5.74) is 2.19. The van der Waals surface area contributed by atoms with Gasteiger partial charge in [0, 0.05) is 47.4 Å². The number of likely N-dealkylation sites (N-methyl/N-ethyl adjacent to an activating group) is 1. The van der Waals surface area contributed by atoms with Crippen LogP contribution in [-0.4, -0.2) is 28.5 Å². The Bertz CT molecular complexity index is 1010. The molecule has 0 saturated heterocycles. The van der Waals surface area contributed by atoms with Crippen molar-refractivity contribution in [2.45, 2.75) is 6.54 Å². The average Bonchev–Trinajstić information content (AvgIpc) is 2.97. The number of carboxylic acid groups (broad SMARTS) is 1. The first-order valence-electron chi connectivity index (χ1n) is 7.99. The molecule has 0 unspecified atom stereocenters. The van der Waals surface area contributed by atoms with Crippen LogP contribution in [0, 0.1) is 0 Å². The van der Waals surface area contributed by atoms with Gasteiger partial charge in [0.25, 0.3) is 0 Å². The monoisotopic (exact) mass is 368 g/mol. The molecule has 5 nitrogen and oxygen atoms in total. The van der Waals surface area contributed by atoms with Crippen LogP contribution in [0.2, 0.25) is 5.02 Å². The van der Waals surface area contributed by atoms with Crippen LogP contribution < -0.4 is 5.32 Å². The van der Waals surface area contributed by atoms with Crippen LogP contribution in [0.3, 0.4) is 0 Å². The molecule has 0 aliphatic rings. The van der Waals surface area contributed by atoms with Gasteiger partial charge in [-0.05, 0) is 23.8 Å². The molecule has 0 bridgehead atoms. The molecule has 2 aromatic carbocycles. The van der Waals surface area contributed by atoms with E-state index in [2.05, 4.69) is 5.32 Å². The van der Waals surface area contributed by atoms with Crippen molar-refractivity contribution < 1.29 is 14.7 Å². The van der Waals surface area contributed by atoms with Gasteiger partial charge in [-0.3, -0.25) is 4.79 Å². The fourth-order valence-corrected chi connectivity index (χ4v) is 3.00. The lowest BCUT2D eigenvalue weighted by Crippen LogP contribution is -2.17. The molecule has 1 heterocycles. The fourth-order valence-electron chi connectivity index (χ4n) is 2.83. The maximum absolute atomic E-state index is 12.7. The minimum absolute atomic E-state index is 0.166. The minimum Gasteiger partial charge on any atom is -0.477 e. The van der Waals surface area contributed by atoms with Gasteiger partial charge in [-0.1, -0.05) is 41.9 Å². The number of benzene rings is 2. The van der Waals surface area contributed by atoms with Crippen LogP contribution in [-0.2, 0) is 11.3 Å². The van der Waals surface area contributed by atoms with Crippen LogP contribution in [0.1, 0.15) is 15.9 Å². The number of carbonyl (C=O) groups excluding carboxylic acids is 1. The minimum atomic E-state index is -1.19. The molecule has 0 radical (unpaired) electrons. The Labute approximate surface area is 155 Å². The zero-order valence-corrected chi connectivity index (χ0v) is 14.8. The van der Waals surface area contributed by atoms with Crippen LogP contribution >= 0.6 is 11.6 Å². The molecule has 0 fully saturated rings. The number of aromatic nitrogens is 1. The number of carbonyl (C=O) groups is 2. The predicted molar refractivity (Wildman–Crippen MR) is 102 cm³/mol. The third-order valence-corrected chi connectivity index (χ3v) is 4.31. The Kier molecular flexibility index (Phi) is 5.09. The summed E-state index contributed by atoms with van der Waals surface area (Å²) in [7, 11) is 1.46. The van der Waals surface area contributed by atoms with Gasteiger partial charge in [0.2, 0.25) is 0 Å². The molecule has 3 aromatic rings. The van der Waals surface area contributed by atoms with E-state index in [1.54, 1.807) is 18.3 Å². The molecule has 0 atom stereocenters. The molecule has 132 valence electrons. The maximum atomic E-state index is 12.7. The van der Waals surface area contributed by atoms with E-state index < -0.39 is 11.8 Å². The standard InChI is InChI=1S/C20H17ClN2O3/c1-22-17(20(25)26)10-19(24)16-12-23(11-13-5-3-2-4-6-13)18-8-7-14(21)9-15(16)18/h2-10,12,22H,11H2,1H3,(H,25,26). The van der Waals surface area contributed by atoms with E-state index in [-0.39, 0.29) is 5.70 Å². The van der Waals surface area contributed by atoms with Crippen molar-refractivity contribution in [3.63, 3.8) is 0 Å². The van der Waals surface area contributed by atoms with Crippen molar-refractivity contribution in [1.29, 1.82) is 0 Å². The van der Waals surface area contributed by atoms with Gasteiger partial charge < -0.3 is 15.0 Å². The Morgan fingerprint density at radius 3 is 2.58 bits per heavy atom.